The molecular weight excluding hydrogens is 385 g/mol. The SMILES string of the molecule is COc1ccc(CC(=O)NCC2CN(C(=O)c3ccccc3)C3CCN2C3)cc1F. The Bertz CT molecular complexity index is 921. The van der Waals surface area contributed by atoms with Crippen LogP contribution in [0.2, 0.25) is 0 Å². The zero-order valence-corrected chi connectivity index (χ0v) is 17.0. The van der Waals surface area contributed by atoms with Gasteiger partial charge in [0, 0.05) is 43.8 Å². The van der Waals surface area contributed by atoms with Crippen molar-refractivity contribution in [2.24, 2.45) is 0 Å². The summed E-state index contributed by atoms with van der Waals surface area (Å²) in [6.07, 6.45) is 1.05. The molecule has 0 aromatic heterocycles. The monoisotopic (exact) mass is 411 g/mol. The van der Waals surface area contributed by atoms with Crippen molar-refractivity contribution in [3.8, 4) is 5.75 Å². The molecule has 0 aliphatic carbocycles. The molecule has 2 aliphatic heterocycles. The Hall–Kier alpha value is -2.93. The van der Waals surface area contributed by atoms with Crippen molar-refractivity contribution in [2.75, 3.05) is 33.3 Å². The number of hydrogen-bond acceptors (Lipinski definition) is 4. The Kier molecular flexibility index (Phi) is 5.99. The topological polar surface area (TPSA) is 61.9 Å². The summed E-state index contributed by atoms with van der Waals surface area (Å²) in [6.45, 7) is 2.81. The maximum absolute atomic E-state index is 13.8. The molecule has 2 aromatic rings. The summed E-state index contributed by atoms with van der Waals surface area (Å²) >= 11 is 0. The second-order valence-corrected chi connectivity index (χ2v) is 7.86. The number of amides is 2. The van der Waals surface area contributed by atoms with Gasteiger partial charge < -0.3 is 15.0 Å². The quantitative estimate of drug-likeness (QED) is 0.791. The van der Waals surface area contributed by atoms with E-state index >= 15 is 0 Å². The van der Waals surface area contributed by atoms with Crippen LogP contribution in [-0.2, 0) is 11.2 Å². The first-order chi connectivity index (χ1) is 14.5. The summed E-state index contributed by atoms with van der Waals surface area (Å²) in [6, 6.07) is 14.2. The van der Waals surface area contributed by atoms with Crippen molar-refractivity contribution >= 4 is 11.8 Å². The average molecular weight is 411 g/mol. The first-order valence-corrected chi connectivity index (χ1v) is 10.2. The molecular formula is C23H26FN3O3. The number of carbonyl (C=O) groups is 2. The van der Waals surface area contributed by atoms with Gasteiger partial charge in [-0.3, -0.25) is 14.5 Å². The molecule has 0 saturated carbocycles. The summed E-state index contributed by atoms with van der Waals surface area (Å²) in [7, 11) is 1.41. The molecule has 2 amide bonds. The molecule has 4 rings (SSSR count). The molecule has 7 heteroatoms. The zero-order valence-electron chi connectivity index (χ0n) is 17.0. The number of nitrogens with zero attached hydrogens (tertiary/aromatic N) is 2. The minimum Gasteiger partial charge on any atom is -0.494 e. The molecule has 2 fully saturated rings. The van der Waals surface area contributed by atoms with Gasteiger partial charge >= 0.3 is 0 Å². The molecule has 2 saturated heterocycles. The highest BCUT2D eigenvalue weighted by Gasteiger charge is 2.40. The van der Waals surface area contributed by atoms with Crippen LogP contribution in [0.1, 0.15) is 22.3 Å². The van der Waals surface area contributed by atoms with E-state index in [4.69, 9.17) is 4.74 Å². The van der Waals surface area contributed by atoms with Crippen molar-refractivity contribution in [1.82, 2.24) is 15.1 Å². The maximum atomic E-state index is 13.8. The summed E-state index contributed by atoms with van der Waals surface area (Å²) in [5.41, 5.74) is 1.29. The number of methoxy groups -OCH3 is 1. The zero-order chi connectivity index (χ0) is 21.1. The van der Waals surface area contributed by atoms with Crippen LogP contribution >= 0.6 is 0 Å². The van der Waals surface area contributed by atoms with Crippen LogP contribution in [0.4, 0.5) is 4.39 Å². The highest BCUT2D eigenvalue weighted by Crippen LogP contribution is 2.26. The Morgan fingerprint density at radius 1 is 1.17 bits per heavy atom. The fraction of sp³-hybridized carbons (Fsp3) is 0.391. The lowest BCUT2D eigenvalue weighted by Crippen LogP contribution is -2.57. The molecule has 2 heterocycles. The van der Waals surface area contributed by atoms with Gasteiger partial charge in [-0.2, -0.15) is 0 Å². The molecule has 6 nitrogen and oxygen atoms in total. The predicted molar refractivity (Wildman–Crippen MR) is 111 cm³/mol. The lowest BCUT2D eigenvalue weighted by atomic mass is 10.1. The van der Waals surface area contributed by atoms with E-state index < -0.39 is 5.82 Å². The van der Waals surface area contributed by atoms with Crippen LogP contribution < -0.4 is 10.1 Å². The van der Waals surface area contributed by atoms with Gasteiger partial charge in [-0.25, -0.2) is 4.39 Å². The molecule has 30 heavy (non-hydrogen) atoms. The summed E-state index contributed by atoms with van der Waals surface area (Å²) in [5.74, 6) is -0.435. The number of benzene rings is 2. The van der Waals surface area contributed by atoms with Crippen molar-refractivity contribution in [3.63, 3.8) is 0 Å². The number of halogens is 1. The highest BCUT2D eigenvalue weighted by atomic mass is 19.1. The van der Waals surface area contributed by atoms with Gasteiger partial charge in [-0.1, -0.05) is 24.3 Å². The first kappa shape index (κ1) is 20.3. The van der Waals surface area contributed by atoms with E-state index in [-0.39, 0.29) is 36.1 Å². The van der Waals surface area contributed by atoms with E-state index in [0.717, 1.165) is 19.5 Å². The van der Waals surface area contributed by atoms with Gasteiger partial charge in [0.15, 0.2) is 11.6 Å². The number of carbonyl (C=O) groups excluding carboxylic acids is 2. The molecule has 0 radical (unpaired) electrons. The summed E-state index contributed by atoms with van der Waals surface area (Å²) < 4.78 is 18.7. The third-order valence-electron chi connectivity index (χ3n) is 5.96. The number of piperazine rings is 1. The van der Waals surface area contributed by atoms with E-state index in [1.165, 1.54) is 19.2 Å². The van der Waals surface area contributed by atoms with Crippen molar-refractivity contribution in [3.05, 3.63) is 65.5 Å². The van der Waals surface area contributed by atoms with Gasteiger partial charge in [0.05, 0.1) is 13.5 Å². The second-order valence-electron chi connectivity index (χ2n) is 7.86. The van der Waals surface area contributed by atoms with Crippen LogP contribution in [-0.4, -0.2) is 67.0 Å². The average Bonchev–Trinajstić information content (AvgIpc) is 3.17. The lowest BCUT2D eigenvalue weighted by Gasteiger charge is -2.40. The Morgan fingerprint density at radius 3 is 2.70 bits per heavy atom. The molecule has 3 atom stereocenters. The van der Waals surface area contributed by atoms with E-state index in [0.29, 0.717) is 24.2 Å². The molecule has 1 N–H and O–H groups in total. The first-order valence-electron chi connectivity index (χ1n) is 10.2. The Labute approximate surface area is 175 Å². The largest absolute Gasteiger partial charge is 0.494 e. The van der Waals surface area contributed by atoms with E-state index in [9.17, 15) is 14.0 Å². The maximum Gasteiger partial charge on any atom is 0.254 e. The van der Waals surface area contributed by atoms with E-state index in [2.05, 4.69) is 10.2 Å². The fourth-order valence-corrected chi connectivity index (χ4v) is 4.33. The molecule has 158 valence electrons. The number of rotatable bonds is 6. The number of ether oxygens (including phenoxy) is 1. The van der Waals surface area contributed by atoms with Crippen LogP contribution in [0.3, 0.4) is 0 Å². The van der Waals surface area contributed by atoms with E-state index in [1.54, 1.807) is 6.07 Å². The fourth-order valence-electron chi connectivity index (χ4n) is 4.33. The Morgan fingerprint density at radius 2 is 1.97 bits per heavy atom. The highest BCUT2D eigenvalue weighted by molar-refractivity contribution is 5.94. The van der Waals surface area contributed by atoms with Gasteiger partial charge in [-0.15, -0.1) is 0 Å². The smallest absolute Gasteiger partial charge is 0.254 e. The van der Waals surface area contributed by atoms with Crippen LogP contribution in [0.25, 0.3) is 0 Å². The van der Waals surface area contributed by atoms with Gasteiger partial charge in [0.1, 0.15) is 0 Å². The second kappa shape index (κ2) is 8.83. The van der Waals surface area contributed by atoms with Gasteiger partial charge in [-0.05, 0) is 36.2 Å². The van der Waals surface area contributed by atoms with Crippen LogP contribution in [0.15, 0.2) is 48.5 Å². The standard InChI is InChI=1S/C23H26FN3O3/c1-30-21-8-7-16(11-20(21)24)12-22(28)25-13-19-15-27(18-9-10-26(19)14-18)23(29)17-5-3-2-4-6-17/h2-8,11,18-19H,9-10,12-15H2,1H3,(H,25,28). The number of fused-ring (bicyclic) bond motifs is 2. The Balaban J connectivity index is 1.35. The van der Waals surface area contributed by atoms with Crippen molar-refractivity contribution in [2.45, 2.75) is 24.9 Å². The minimum atomic E-state index is -0.478. The van der Waals surface area contributed by atoms with Crippen LogP contribution in [0, 0.1) is 5.82 Å². The minimum absolute atomic E-state index is 0.0483. The third kappa shape index (κ3) is 4.31. The van der Waals surface area contributed by atoms with Gasteiger partial charge in [0.2, 0.25) is 5.91 Å². The van der Waals surface area contributed by atoms with E-state index in [1.807, 2.05) is 35.2 Å². The van der Waals surface area contributed by atoms with Gasteiger partial charge in [0.25, 0.3) is 5.91 Å². The molecule has 2 aromatic carbocycles. The molecule has 2 bridgehead atoms. The van der Waals surface area contributed by atoms with Crippen molar-refractivity contribution in [1.29, 1.82) is 0 Å². The lowest BCUT2D eigenvalue weighted by molar-refractivity contribution is -0.120. The summed E-state index contributed by atoms with van der Waals surface area (Å²) in [4.78, 5) is 29.7. The number of hydrogen-bond donors (Lipinski definition) is 1. The molecule has 3 unspecified atom stereocenters. The molecule has 2 aliphatic rings. The normalized spacial score (nSPS) is 22.6. The summed E-state index contributed by atoms with van der Waals surface area (Å²) in [5, 5.41) is 2.96. The number of nitrogens with one attached hydrogen (secondary N) is 1. The third-order valence-corrected chi connectivity index (χ3v) is 5.96. The predicted octanol–water partition coefficient (Wildman–Crippen LogP) is 2.09. The van der Waals surface area contributed by atoms with Crippen LogP contribution in [0.5, 0.6) is 5.75 Å². The van der Waals surface area contributed by atoms with Crippen molar-refractivity contribution < 1.29 is 18.7 Å². The molecule has 0 spiro atoms.